The third kappa shape index (κ3) is 2.13. The number of rotatable bonds is 3. The van der Waals surface area contributed by atoms with Gasteiger partial charge in [-0.05, 0) is 25.1 Å². The molecule has 0 aliphatic rings. The second-order valence-corrected chi connectivity index (χ2v) is 4.24. The van der Waals surface area contributed by atoms with Gasteiger partial charge in [0.25, 0.3) is 5.78 Å². The van der Waals surface area contributed by atoms with Crippen LogP contribution in [0.3, 0.4) is 0 Å². The van der Waals surface area contributed by atoms with Gasteiger partial charge in [-0.2, -0.15) is 9.50 Å². The molecule has 2 N–H and O–H groups in total. The zero-order valence-corrected chi connectivity index (χ0v) is 10.7. The number of benzene rings is 1. The first-order valence-electron chi connectivity index (χ1n) is 6.03. The molecular weight excluding hydrogens is 261 g/mol. The molecule has 1 aromatic carbocycles. The van der Waals surface area contributed by atoms with Crippen LogP contribution >= 0.6 is 0 Å². The Morgan fingerprint density at radius 3 is 2.90 bits per heavy atom. The van der Waals surface area contributed by atoms with Gasteiger partial charge in [0.2, 0.25) is 5.95 Å². The number of para-hydroxylation sites is 1. The largest absolute Gasteiger partial charge is 0.481 e. The predicted molar refractivity (Wildman–Crippen MR) is 70.6 cm³/mol. The van der Waals surface area contributed by atoms with Gasteiger partial charge in [-0.25, -0.2) is 9.37 Å². The molecule has 20 heavy (non-hydrogen) atoms. The molecule has 0 amide bonds. The van der Waals surface area contributed by atoms with Crippen molar-refractivity contribution in [3.63, 3.8) is 0 Å². The minimum absolute atomic E-state index is 0.128. The van der Waals surface area contributed by atoms with Crippen molar-refractivity contribution in [2.75, 3.05) is 5.73 Å². The van der Waals surface area contributed by atoms with E-state index in [-0.39, 0.29) is 11.7 Å². The number of anilines is 1. The van der Waals surface area contributed by atoms with E-state index in [4.69, 9.17) is 10.5 Å². The summed E-state index contributed by atoms with van der Waals surface area (Å²) in [5.74, 6) is 0.271. The lowest BCUT2D eigenvalue weighted by molar-refractivity contribution is 0.209. The maximum absolute atomic E-state index is 13.6. The molecule has 0 saturated heterocycles. The molecule has 0 saturated carbocycles. The fourth-order valence-electron chi connectivity index (χ4n) is 1.93. The van der Waals surface area contributed by atoms with Crippen LogP contribution in [0.15, 0.2) is 36.5 Å². The van der Waals surface area contributed by atoms with Gasteiger partial charge in [0.15, 0.2) is 11.6 Å². The van der Waals surface area contributed by atoms with Crippen LogP contribution in [0.2, 0.25) is 0 Å². The summed E-state index contributed by atoms with van der Waals surface area (Å²) in [4.78, 5) is 8.02. The Kier molecular flexibility index (Phi) is 2.94. The molecule has 0 unspecified atom stereocenters. The maximum atomic E-state index is 13.6. The lowest BCUT2D eigenvalue weighted by atomic mass is 10.2. The standard InChI is InChI=1S/C13H12FN5O/c1-8(20-11-5-3-2-4-9(11)14)10-6-7-16-13-17-12(15)18-19(10)13/h2-8H,1H3,(H2,15,18)/t8-/m0/s1. The summed E-state index contributed by atoms with van der Waals surface area (Å²) in [6, 6.07) is 7.96. The first-order valence-corrected chi connectivity index (χ1v) is 6.03. The Labute approximate surface area is 114 Å². The molecule has 0 fully saturated rings. The number of hydrogen-bond acceptors (Lipinski definition) is 5. The Bertz CT molecular complexity index is 757. The minimum atomic E-state index is -0.432. The quantitative estimate of drug-likeness (QED) is 0.789. The second kappa shape index (κ2) is 4.76. The average Bonchev–Trinajstić information content (AvgIpc) is 2.81. The minimum Gasteiger partial charge on any atom is -0.481 e. The molecular formula is C13H12FN5O. The lowest BCUT2D eigenvalue weighted by Gasteiger charge is -2.15. The second-order valence-electron chi connectivity index (χ2n) is 4.24. The molecule has 0 bridgehead atoms. The van der Waals surface area contributed by atoms with Gasteiger partial charge in [-0.3, -0.25) is 0 Å². The number of nitrogens with two attached hydrogens (primary N) is 1. The molecule has 102 valence electrons. The van der Waals surface area contributed by atoms with E-state index in [2.05, 4.69) is 15.1 Å². The highest BCUT2D eigenvalue weighted by atomic mass is 19.1. The summed E-state index contributed by atoms with van der Waals surface area (Å²) in [5, 5.41) is 4.05. The van der Waals surface area contributed by atoms with Crippen LogP contribution in [-0.2, 0) is 0 Å². The SMILES string of the molecule is C[C@H](Oc1ccccc1F)c1ccnc2nc(N)nn12. The Morgan fingerprint density at radius 2 is 2.10 bits per heavy atom. The van der Waals surface area contributed by atoms with Crippen LogP contribution in [0.25, 0.3) is 5.78 Å². The number of halogens is 1. The number of hydrogen-bond donors (Lipinski definition) is 1. The molecule has 1 atom stereocenters. The van der Waals surface area contributed by atoms with Gasteiger partial charge < -0.3 is 10.5 Å². The fraction of sp³-hybridized carbons (Fsp3) is 0.154. The molecule has 7 heteroatoms. The first-order chi connectivity index (χ1) is 9.65. The fourth-order valence-corrected chi connectivity index (χ4v) is 1.93. The van der Waals surface area contributed by atoms with E-state index in [0.717, 1.165) is 0 Å². The lowest BCUT2D eigenvalue weighted by Crippen LogP contribution is -2.10. The first kappa shape index (κ1) is 12.3. The van der Waals surface area contributed by atoms with Crippen LogP contribution in [0, 0.1) is 5.82 Å². The number of ether oxygens (including phenoxy) is 1. The van der Waals surface area contributed by atoms with Crippen LogP contribution in [0.5, 0.6) is 5.75 Å². The van der Waals surface area contributed by atoms with Crippen LogP contribution in [0.1, 0.15) is 18.7 Å². The van der Waals surface area contributed by atoms with Crippen molar-refractivity contribution in [2.24, 2.45) is 0 Å². The van der Waals surface area contributed by atoms with Crippen molar-refractivity contribution in [1.29, 1.82) is 0 Å². The van der Waals surface area contributed by atoms with E-state index >= 15 is 0 Å². The van der Waals surface area contributed by atoms with Crippen molar-refractivity contribution in [1.82, 2.24) is 19.6 Å². The zero-order chi connectivity index (χ0) is 14.1. The third-order valence-electron chi connectivity index (χ3n) is 2.84. The van der Waals surface area contributed by atoms with E-state index in [1.165, 1.54) is 10.6 Å². The van der Waals surface area contributed by atoms with Gasteiger partial charge in [0, 0.05) is 6.20 Å². The monoisotopic (exact) mass is 273 g/mol. The van der Waals surface area contributed by atoms with Gasteiger partial charge in [0.1, 0.15) is 6.10 Å². The molecule has 3 aromatic rings. The summed E-state index contributed by atoms with van der Waals surface area (Å²) in [7, 11) is 0. The normalized spacial score (nSPS) is 12.5. The van der Waals surface area contributed by atoms with E-state index in [9.17, 15) is 4.39 Å². The average molecular weight is 273 g/mol. The van der Waals surface area contributed by atoms with Crippen molar-refractivity contribution < 1.29 is 9.13 Å². The summed E-state index contributed by atoms with van der Waals surface area (Å²) < 4.78 is 20.7. The van der Waals surface area contributed by atoms with Gasteiger partial charge in [-0.1, -0.05) is 12.1 Å². The van der Waals surface area contributed by atoms with Gasteiger partial charge in [-0.15, -0.1) is 5.10 Å². The van der Waals surface area contributed by atoms with E-state index < -0.39 is 11.9 Å². The number of fused-ring (bicyclic) bond motifs is 1. The summed E-state index contributed by atoms with van der Waals surface area (Å²) in [6.45, 7) is 1.79. The predicted octanol–water partition coefficient (Wildman–Crippen LogP) is 1.99. The van der Waals surface area contributed by atoms with Gasteiger partial charge in [0.05, 0.1) is 5.69 Å². The van der Waals surface area contributed by atoms with Crippen LogP contribution in [-0.4, -0.2) is 19.6 Å². The Morgan fingerprint density at radius 1 is 1.30 bits per heavy atom. The Hall–Kier alpha value is -2.70. The summed E-state index contributed by atoms with van der Waals surface area (Å²) >= 11 is 0. The molecule has 2 aromatic heterocycles. The van der Waals surface area contributed by atoms with E-state index in [1.54, 1.807) is 37.4 Å². The van der Waals surface area contributed by atoms with E-state index in [0.29, 0.717) is 11.5 Å². The molecule has 6 nitrogen and oxygen atoms in total. The maximum Gasteiger partial charge on any atom is 0.254 e. The van der Waals surface area contributed by atoms with E-state index in [1.807, 2.05) is 0 Å². The van der Waals surface area contributed by atoms with Crippen molar-refractivity contribution >= 4 is 11.7 Å². The highest BCUT2D eigenvalue weighted by molar-refractivity contribution is 5.35. The summed E-state index contributed by atoms with van der Waals surface area (Å²) in [5.41, 5.74) is 6.24. The van der Waals surface area contributed by atoms with Crippen molar-refractivity contribution in [3.8, 4) is 5.75 Å². The highest BCUT2D eigenvalue weighted by Crippen LogP contribution is 2.23. The van der Waals surface area contributed by atoms with Crippen LogP contribution in [0.4, 0.5) is 10.3 Å². The molecule has 0 aliphatic heterocycles. The zero-order valence-electron chi connectivity index (χ0n) is 10.7. The number of nitrogens with zero attached hydrogens (tertiary/aromatic N) is 4. The topological polar surface area (TPSA) is 78.3 Å². The molecule has 3 rings (SSSR count). The number of nitrogen functional groups attached to an aromatic ring is 1. The van der Waals surface area contributed by atoms with Crippen molar-refractivity contribution in [2.45, 2.75) is 13.0 Å². The molecule has 2 heterocycles. The molecule has 0 aliphatic carbocycles. The number of aromatic nitrogens is 4. The third-order valence-corrected chi connectivity index (χ3v) is 2.84. The smallest absolute Gasteiger partial charge is 0.254 e. The molecule has 0 radical (unpaired) electrons. The summed E-state index contributed by atoms with van der Waals surface area (Å²) in [6.07, 6.45) is 1.15. The van der Waals surface area contributed by atoms with Crippen LogP contribution < -0.4 is 10.5 Å². The highest BCUT2D eigenvalue weighted by Gasteiger charge is 2.15. The molecule has 0 spiro atoms. The van der Waals surface area contributed by atoms with Crippen molar-refractivity contribution in [3.05, 3.63) is 48.0 Å². The Balaban J connectivity index is 1.97. The van der Waals surface area contributed by atoms with Gasteiger partial charge >= 0.3 is 0 Å².